The summed E-state index contributed by atoms with van der Waals surface area (Å²) in [5, 5.41) is 0. The number of hydrogen-bond acceptors (Lipinski definition) is 5. The van der Waals surface area contributed by atoms with E-state index in [0.717, 1.165) is 30.8 Å². The first-order chi connectivity index (χ1) is 14.6. The van der Waals surface area contributed by atoms with Crippen LogP contribution >= 0.6 is 0 Å². The van der Waals surface area contributed by atoms with Crippen LogP contribution < -0.4 is 19.3 Å². The third kappa shape index (κ3) is 3.62. The number of hydrogen-bond donors (Lipinski definition) is 0. The summed E-state index contributed by atoms with van der Waals surface area (Å²) < 4.78 is 24.3. The average molecular weight is 412 g/mol. The summed E-state index contributed by atoms with van der Waals surface area (Å²) in [7, 11) is 1.58. The molecule has 3 heterocycles. The van der Waals surface area contributed by atoms with Crippen LogP contribution in [0.15, 0.2) is 36.5 Å². The van der Waals surface area contributed by atoms with Gasteiger partial charge in [0, 0.05) is 31.8 Å². The second kappa shape index (κ2) is 7.66. The van der Waals surface area contributed by atoms with E-state index in [1.807, 2.05) is 15.9 Å². The second-order valence-electron chi connectivity index (χ2n) is 8.11. The zero-order valence-electron chi connectivity index (χ0n) is 17.0. The first kappa shape index (κ1) is 19.0. The van der Waals surface area contributed by atoms with E-state index in [4.69, 9.17) is 9.47 Å². The number of carbonyl (C=O) groups excluding carboxylic acids is 1. The van der Waals surface area contributed by atoms with Crippen molar-refractivity contribution in [3.63, 3.8) is 0 Å². The average Bonchev–Trinajstić information content (AvgIpc) is 3.55. The maximum atomic E-state index is 13.5. The number of likely N-dealkylation sites (tertiary alicyclic amines) is 1. The van der Waals surface area contributed by atoms with Gasteiger partial charge in [-0.1, -0.05) is 0 Å². The quantitative estimate of drug-likeness (QED) is 0.755. The van der Waals surface area contributed by atoms with Gasteiger partial charge in [-0.05, 0) is 37.0 Å². The summed E-state index contributed by atoms with van der Waals surface area (Å²) in [5.74, 6) is 1.37. The summed E-state index contributed by atoms with van der Waals surface area (Å²) in [6.45, 7) is 3.25. The highest BCUT2D eigenvalue weighted by Crippen LogP contribution is 2.36. The zero-order chi connectivity index (χ0) is 20.7. The molecule has 1 saturated heterocycles. The Hall–Kier alpha value is -3.03. The topological polar surface area (TPSA) is 58.1 Å². The van der Waals surface area contributed by atoms with Crippen molar-refractivity contribution in [2.24, 2.45) is 5.92 Å². The van der Waals surface area contributed by atoms with Gasteiger partial charge in [0.2, 0.25) is 5.88 Å². The molecule has 1 aliphatic carbocycles. The SMILES string of the molecule is COc1ccc(N(CC2CC2)C(=O)N2CC(N3CCOc4cc(F)ccc43)C2)cn1. The van der Waals surface area contributed by atoms with Crippen molar-refractivity contribution >= 4 is 17.4 Å². The Morgan fingerprint density at radius 3 is 2.83 bits per heavy atom. The van der Waals surface area contributed by atoms with Crippen LogP contribution in [0, 0.1) is 11.7 Å². The van der Waals surface area contributed by atoms with Gasteiger partial charge in [-0.2, -0.15) is 0 Å². The van der Waals surface area contributed by atoms with Gasteiger partial charge in [0.05, 0.1) is 37.3 Å². The molecule has 2 amide bonds. The van der Waals surface area contributed by atoms with Crippen molar-refractivity contribution in [3.05, 3.63) is 42.3 Å². The maximum absolute atomic E-state index is 13.5. The molecule has 8 heteroatoms. The summed E-state index contributed by atoms with van der Waals surface area (Å²) in [4.78, 5) is 23.5. The lowest BCUT2D eigenvalue weighted by Crippen LogP contribution is -2.64. The number of pyridine rings is 1. The molecule has 2 aromatic rings. The van der Waals surface area contributed by atoms with E-state index >= 15 is 0 Å². The molecule has 0 unspecified atom stereocenters. The van der Waals surface area contributed by atoms with Crippen LogP contribution in [0.25, 0.3) is 0 Å². The largest absolute Gasteiger partial charge is 0.489 e. The smallest absolute Gasteiger partial charge is 0.324 e. The standard InChI is InChI=1S/C22H25FN4O3/c1-29-21-7-5-17(11-24-21)27(12-15-2-3-15)22(28)25-13-18(14-25)26-8-9-30-20-10-16(23)4-6-19(20)26/h4-7,10-11,15,18H,2-3,8-9,12-14H2,1H3. The predicted octanol–water partition coefficient (Wildman–Crippen LogP) is 3.15. The van der Waals surface area contributed by atoms with E-state index in [1.54, 1.807) is 25.4 Å². The number of fused-ring (bicyclic) bond motifs is 1. The Morgan fingerprint density at radius 2 is 2.13 bits per heavy atom. The fourth-order valence-electron chi connectivity index (χ4n) is 4.08. The van der Waals surface area contributed by atoms with Gasteiger partial charge in [0.15, 0.2) is 0 Å². The number of amides is 2. The normalized spacial score (nSPS) is 18.3. The van der Waals surface area contributed by atoms with Crippen molar-refractivity contribution in [1.82, 2.24) is 9.88 Å². The molecule has 5 rings (SSSR count). The van der Waals surface area contributed by atoms with Crippen molar-refractivity contribution in [1.29, 1.82) is 0 Å². The Balaban J connectivity index is 1.28. The van der Waals surface area contributed by atoms with E-state index < -0.39 is 0 Å². The molecule has 0 spiro atoms. The van der Waals surface area contributed by atoms with Crippen LogP contribution in [-0.4, -0.2) is 61.9 Å². The zero-order valence-corrected chi connectivity index (χ0v) is 17.0. The molecule has 1 aromatic heterocycles. The molecule has 0 bridgehead atoms. The van der Waals surface area contributed by atoms with Crippen LogP contribution in [0.1, 0.15) is 12.8 Å². The number of benzene rings is 1. The first-order valence-electron chi connectivity index (χ1n) is 10.4. The molecule has 0 radical (unpaired) electrons. The summed E-state index contributed by atoms with van der Waals surface area (Å²) >= 11 is 0. The van der Waals surface area contributed by atoms with Crippen molar-refractivity contribution in [2.75, 3.05) is 49.7 Å². The molecular weight excluding hydrogens is 387 g/mol. The number of carbonyl (C=O) groups is 1. The van der Waals surface area contributed by atoms with Crippen molar-refractivity contribution < 1.29 is 18.7 Å². The number of nitrogens with zero attached hydrogens (tertiary/aromatic N) is 4. The Kier molecular flexibility index (Phi) is 4.84. The van der Waals surface area contributed by atoms with Crippen LogP contribution in [0.5, 0.6) is 11.6 Å². The first-order valence-corrected chi connectivity index (χ1v) is 10.4. The highest BCUT2D eigenvalue weighted by Gasteiger charge is 2.40. The van der Waals surface area contributed by atoms with Gasteiger partial charge in [-0.15, -0.1) is 0 Å². The second-order valence-corrected chi connectivity index (χ2v) is 8.11. The Bertz CT molecular complexity index is 928. The van der Waals surface area contributed by atoms with Gasteiger partial charge in [-0.3, -0.25) is 4.90 Å². The molecule has 0 N–H and O–H groups in total. The Morgan fingerprint density at radius 1 is 1.30 bits per heavy atom. The van der Waals surface area contributed by atoms with E-state index in [-0.39, 0.29) is 17.9 Å². The van der Waals surface area contributed by atoms with Crippen LogP contribution in [0.4, 0.5) is 20.6 Å². The van der Waals surface area contributed by atoms with E-state index in [9.17, 15) is 9.18 Å². The Labute approximate surface area is 175 Å². The number of urea groups is 1. The highest BCUT2D eigenvalue weighted by atomic mass is 19.1. The van der Waals surface area contributed by atoms with Crippen LogP contribution in [0.2, 0.25) is 0 Å². The van der Waals surface area contributed by atoms with Gasteiger partial charge in [0.1, 0.15) is 18.2 Å². The number of halogens is 1. The van der Waals surface area contributed by atoms with Gasteiger partial charge >= 0.3 is 6.03 Å². The molecule has 158 valence electrons. The van der Waals surface area contributed by atoms with Crippen molar-refractivity contribution in [3.8, 4) is 11.6 Å². The molecule has 2 aliphatic heterocycles. The molecule has 2 fully saturated rings. The van der Waals surface area contributed by atoms with E-state index in [2.05, 4.69) is 9.88 Å². The van der Waals surface area contributed by atoms with Crippen molar-refractivity contribution in [2.45, 2.75) is 18.9 Å². The number of rotatable bonds is 5. The van der Waals surface area contributed by atoms with E-state index in [0.29, 0.717) is 43.8 Å². The third-order valence-electron chi connectivity index (χ3n) is 6.00. The number of aromatic nitrogens is 1. The maximum Gasteiger partial charge on any atom is 0.324 e. The van der Waals surface area contributed by atoms with Gasteiger partial charge in [-0.25, -0.2) is 14.2 Å². The molecule has 1 aromatic carbocycles. The molecule has 1 saturated carbocycles. The van der Waals surface area contributed by atoms with Crippen LogP contribution in [-0.2, 0) is 0 Å². The highest BCUT2D eigenvalue weighted by molar-refractivity contribution is 5.92. The summed E-state index contributed by atoms with van der Waals surface area (Å²) in [6.07, 6.45) is 4.03. The number of methoxy groups -OCH3 is 1. The van der Waals surface area contributed by atoms with E-state index in [1.165, 1.54) is 12.1 Å². The van der Waals surface area contributed by atoms with Gasteiger partial charge in [0.25, 0.3) is 0 Å². The number of ether oxygens (including phenoxy) is 2. The minimum absolute atomic E-state index is 0.0118. The molecule has 30 heavy (non-hydrogen) atoms. The lowest BCUT2D eigenvalue weighted by atomic mass is 10.1. The van der Waals surface area contributed by atoms with Gasteiger partial charge < -0.3 is 19.3 Å². The third-order valence-corrected chi connectivity index (χ3v) is 6.00. The molecule has 7 nitrogen and oxygen atoms in total. The fraction of sp³-hybridized carbons (Fsp3) is 0.455. The summed E-state index contributed by atoms with van der Waals surface area (Å²) in [5.41, 5.74) is 1.69. The molecule has 0 atom stereocenters. The molecular formula is C22H25FN4O3. The predicted molar refractivity (Wildman–Crippen MR) is 111 cm³/mol. The monoisotopic (exact) mass is 412 g/mol. The lowest BCUT2D eigenvalue weighted by Gasteiger charge is -2.48. The number of anilines is 2. The lowest BCUT2D eigenvalue weighted by molar-refractivity contribution is 0.150. The molecule has 3 aliphatic rings. The minimum Gasteiger partial charge on any atom is -0.489 e. The van der Waals surface area contributed by atoms with Crippen LogP contribution in [0.3, 0.4) is 0 Å². The fourth-order valence-corrected chi connectivity index (χ4v) is 4.08. The minimum atomic E-state index is -0.301. The summed E-state index contributed by atoms with van der Waals surface area (Å²) in [6, 6.07) is 8.53.